The maximum absolute atomic E-state index is 13.0. The van der Waals surface area contributed by atoms with Gasteiger partial charge in [-0.05, 0) is 30.2 Å². The van der Waals surface area contributed by atoms with Gasteiger partial charge in [0.15, 0.2) is 5.65 Å². The van der Waals surface area contributed by atoms with Crippen LogP contribution in [0.2, 0.25) is 5.02 Å². The Morgan fingerprint density at radius 3 is 2.57 bits per heavy atom. The molecule has 0 radical (unpaired) electrons. The van der Waals surface area contributed by atoms with E-state index in [1.54, 1.807) is 16.8 Å². The number of halogens is 1. The lowest BCUT2D eigenvalue weighted by atomic mass is 10.0. The summed E-state index contributed by atoms with van der Waals surface area (Å²) in [7, 11) is 0. The summed E-state index contributed by atoms with van der Waals surface area (Å²) in [6, 6.07) is 20.8. The second-order valence-corrected chi connectivity index (χ2v) is 6.92. The van der Waals surface area contributed by atoms with E-state index in [9.17, 15) is 4.79 Å². The highest BCUT2D eigenvalue weighted by Crippen LogP contribution is 2.22. The molecule has 2 heterocycles. The normalized spacial score (nSPS) is 12.1. The van der Waals surface area contributed by atoms with Gasteiger partial charge in [0.05, 0.1) is 11.7 Å². The van der Waals surface area contributed by atoms with Crippen LogP contribution in [0.4, 0.5) is 0 Å². The Balaban J connectivity index is 1.66. The van der Waals surface area contributed by atoms with Crippen molar-refractivity contribution in [2.45, 2.75) is 19.4 Å². The van der Waals surface area contributed by atoms with Crippen molar-refractivity contribution in [2.24, 2.45) is 0 Å². The van der Waals surface area contributed by atoms with Crippen molar-refractivity contribution in [3.63, 3.8) is 0 Å². The van der Waals surface area contributed by atoms with E-state index in [-0.39, 0.29) is 11.9 Å². The molecular weight excluding hydrogens is 372 g/mol. The van der Waals surface area contributed by atoms with Gasteiger partial charge in [-0.3, -0.25) is 4.79 Å². The number of aromatic nitrogens is 3. The van der Waals surface area contributed by atoms with Gasteiger partial charge in [-0.25, -0.2) is 9.50 Å². The van der Waals surface area contributed by atoms with E-state index in [0.717, 1.165) is 23.2 Å². The molecule has 1 unspecified atom stereocenters. The maximum atomic E-state index is 13.0. The van der Waals surface area contributed by atoms with Crippen LogP contribution in [0, 0.1) is 0 Å². The number of carbonyl (C=O) groups is 1. The molecule has 0 saturated carbocycles. The number of carbonyl (C=O) groups excluding carboxylic acids is 1. The van der Waals surface area contributed by atoms with Gasteiger partial charge in [-0.15, -0.1) is 0 Å². The molecule has 4 rings (SSSR count). The van der Waals surface area contributed by atoms with E-state index in [1.807, 2.05) is 67.6 Å². The van der Waals surface area contributed by atoms with Crippen molar-refractivity contribution in [1.82, 2.24) is 19.9 Å². The van der Waals surface area contributed by atoms with Crippen molar-refractivity contribution >= 4 is 23.2 Å². The lowest BCUT2D eigenvalue weighted by Crippen LogP contribution is -2.30. The highest BCUT2D eigenvalue weighted by molar-refractivity contribution is 6.30. The third-order valence-electron chi connectivity index (χ3n) is 4.65. The molecule has 140 valence electrons. The summed E-state index contributed by atoms with van der Waals surface area (Å²) in [6.07, 6.45) is 2.42. The molecule has 0 saturated heterocycles. The van der Waals surface area contributed by atoms with Gasteiger partial charge in [0, 0.05) is 22.8 Å². The van der Waals surface area contributed by atoms with Crippen LogP contribution in [0.1, 0.15) is 35.4 Å². The quantitative estimate of drug-likeness (QED) is 0.525. The SMILES string of the molecule is CCC(NC(=O)c1ccnc2cc(-c3ccc(Cl)cc3)nn12)c1ccccc1. The predicted octanol–water partition coefficient (Wildman–Crippen LogP) is 4.93. The smallest absolute Gasteiger partial charge is 0.270 e. The van der Waals surface area contributed by atoms with Crippen LogP contribution in [0.3, 0.4) is 0 Å². The highest BCUT2D eigenvalue weighted by atomic mass is 35.5. The van der Waals surface area contributed by atoms with Crippen molar-refractivity contribution in [3.05, 3.63) is 89.2 Å². The summed E-state index contributed by atoms with van der Waals surface area (Å²) >= 11 is 5.97. The van der Waals surface area contributed by atoms with Crippen molar-refractivity contribution in [2.75, 3.05) is 0 Å². The number of nitrogens with one attached hydrogen (secondary N) is 1. The zero-order valence-electron chi connectivity index (χ0n) is 15.3. The molecule has 0 aliphatic heterocycles. The van der Waals surface area contributed by atoms with Crippen LogP contribution in [0.5, 0.6) is 0 Å². The average Bonchev–Trinajstić information content (AvgIpc) is 3.17. The fourth-order valence-electron chi connectivity index (χ4n) is 3.17. The summed E-state index contributed by atoms with van der Waals surface area (Å²) in [6.45, 7) is 2.05. The van der Waals surface area contributed by atoms with Crippen LogP contribution < -0.4 is 5.32 Å². The molecule has 0 aliphatic rings. The molecule has 0 spiro atoms. The Bertz CT molecular complexity index is 1110. The fourth-order valence-corrected chi connectivity index (χ4v) is 3.29. The first-order chi connectivity index (χ1) is 13.7. The van der Waals surface area contributed by atoms with Gasteiger partial charge < -0.3 is 5.32 Å². The zero-order valence-corrected chi connectivity index (χ0v) is 16.1. The van der Waals surface area contributed by atoms with Crippen molar-refractivity contribution < 1.29 is 4.79 Å². The average molecular weight is 391 g/mol. The number of benzene rings is 2. The van der Waals surface area contributed by atoms with E-state index in [1.165, 1.54) is 0 Å². The standard InChI is InChI=1S/C22H19ClN4O/c1-2-18(15-6-4-3-5-7-15)25-22(28)20-12-13-24-21-14-19(26-27(20)21)16-8-10-17(23)11-9-16/h3-14,18H,2H2,1H3,(H,25,28). The Hall–Kier alpha value is -3.18. The minimum atomic E-state index is -0.186. The molecule has 0 fully saturated rings. The summed E-state index contributed by atoms with van der Waals surface area (Å²) in [5.41, 5.74) is 3.78. The first-order valence-electron chi connectivity index (χ1n) is 9.12. The van der Waals surface area contributed by atoms with Crippen LogP contribution in [0.25, 0.3) is 16.9 Å². The van der Waals surface area contributed by atoms with Crippen LogP contribution in [-0.2, 0) is 0 Å². The van der Waals surface area contributed by atoms with Gasteiger partial charge in [0.2, 0.25) is 0 Å². The Labute approximate surface area is 168 Å². The van der Waals surface area contributed by atoms with E-state index in [4.69, 9.17) is 11.6 Å². The molecule has 4 aromatic rings. The lowest BCUT2D eigenvalue weighted by molar-refractivity contribution is 0.0928. The molecule has 6 heteroatoms. The molecule has 28 heavy (non-hydrogen) atoms. The summed E-state index contributed by atoms with van der Waals surface area (Å²) in [4.78, 5) is 17.3. The van der Waals surface area contributed by atoms with Gasteiger partial charge in [0.25, 0.3) is 5.91 Å². The second-order valence-electron chi connectivity index (χ2n) is 6.48. The van der Waals surface area contributed by atoms with Crippen molar-refractivity contribution in [3.8, 4) is 11.3 Å². The molecule has 0 bridgehead atoms. The van der Waals surface area contributed by atoms with Crippen molar-refractivity contribution in [1.29, 1.82) is 0 Å². The van der Waals surface area contributed by atoms with Crippen LogP contribution >= 0.6 is 11.6 Å². The molecule has 2 aromatic carbocycles. The number of hydrogen-bond acceptors (Lipinski definition) is 3. The largest absolute Gasteiger partial charge is 0.344 e. The molecule has 5 nitrogen and oxygen atoms in total. The topological polar surface area (TPSA) is 59.3 Å². The molecule has 1 atom stereocenters. The second kappa shape index (κ2) is 7.82. The first kappa shape index (κ1) is 18.2. The lowest BCUT2D eigenvalue weighted by Gasteiger charge is -2.17. The Morgan fingerprint density at radius 2 is 1.86 bits per heavy atom. The Kier molecular flexibility index (Phi) is 5.08. The van der Waals surface area contributed by atoms with E-state index in [2.05, 4.69) is 15.4 Å². The first-order valence-corrected chi connectivity index (χ1v) is 9.50. The van der Waals surface area contributed by atoms with Crippen LogP contribution in [0.15, 0.2) is 72.9 Å². The van der Waals surface area contributed by atoms with E-state index in [0.29, 0.717) is 16.4 Å². The summed E-state index contributed by atoms with van der Waals surface area (Å²) < 4.78 is 1.58. The molecule has 2 aromatic heterocycles. The molecular formula is C22H19ClN4O. The number of fused-ring (bicyclic) bond motifs is 1. The fraction of sp³-hybridized carbons (Fsp3) is 0.136. The molecule has 1 amide bonds. The van der Waals surface area contributed by atoms with Gasteiger partial charge in [-0.1, -0.05) is 61.0 Å². The number of hydrogen-bond donors (Lipinski definition) is 1. The number of rotatable bonds is 5. The zero-order chi connectivity index (χ0) is 19.5. The highest BCUT2D eigenvalue weighted by Gasteiger charge is 2.18. The number of amides is 1. The monoisotopic (exact) mass is 390 g/mol. The van der Waals surface area contributed by atoms with Gasteiger partial charge >= 0.3 is 0 Å². The third-order valence-corrected chi connectivity index (χ3v) is 4.90. The molecule has 1 N–H and O–H groups in total. The van der Waals surface area contributed by atoms with E-state index < -0.39 is 0 Å². The van der Waals surface area contributed by atoms with Crippen LogP contribution in [-0.4, -0.2) is 20.5 Å². The maximum Gasteiger partial charge on any atom is 0.270 e. The third kappa shape index (κ3) is 3.62. The van der Waals surface area contributed by atoms with Gasteiger partial charge in [-0.2, -0.15) is 5.10 Å². The molecule has 0 aliphatic carbocycles. The minimum Gasteiger partial charge on any atom is -0.344 e. The number of nitrogens with zero attached hydrogens (tertiary/aromatic N) is 3. The van der Waals surface area contributed by atoms with E-state index >= 15 is 0 Å². The summed E-state index contributed by atoms with van der Waals surface area (Å²) in [5.74, 6) is -0.186. The predicted molar refractivity (Wildman–Crippen MR) is 110 cm³/mol. The summed E-state index contributed by atoms with van der Waals surface area (Å²) in [5, 5.41) is 8.36. The minimum absolute atomic E-state index is 0.0665. The van der Waals surface area contributed by atoms with Gasteiger partial charge in [0.1, 0.15) is 5.69 Å². The Morgan fingerprint density at radius 1 is 1.11 bits per heavy atom.